The van der Waals surface area contributed by atoms with Crippen LogP contribution in [0.2, 0.25) is 5.15 Å². The van der Waals surface area contributed by atoms with Gasteiger partial charge in [0, 0.05) is 30.4 Å². The average molecular weight is 262 g/mol. The number of aryl methyl sites for hydroxylation is 1. The monoisotopic (exact) mass is 261 g/mol. The first kappa shape index (κ1) is 11.7. The Labute approximate surface area is 112 Å². The fourth-order valence-corrected chi connectivity index (χ4v) is 2.65. The molecule has 1 aliphatic heterocycles. The number of anilines is 1. The second-order valence-electron chi connectivity index (χ2n) is 4.84. The fraction of sp³-hybridized carbons (Fsp3) is 0.429. The molecule has 1 unspecified atom stereocenters. The average Bonchev–Trinajstić information content (AvgIpc) is 2.37. The number of halogens is 1. The molecular formula is C14H16ClN3. The maximum atomic E-state index is 6.01. The molecule has 1 fully saturated rings. The summed E-state index contributed by atoms with van der Waals surface area (Å²) < 4.78 is 0. The maximum Gasteiger partial charge on any atom is 0.138 e. The zero-order chi connectivity index (χ0) is 12.7. The van der Waals surface area contributed by atoms with Gasteiger partial charge in [-0.2, -0.15) is 0 Å². The van der Waals surface area contributed by atoms with E-state index in [4.69, 9.17) is 11.6 Å². The van der Waals surface area contributed by atoms with E-state index >= 15 is 0 Å². The number of rotatable bonds is 2. The third kappa shape index (κ3) is 1.74. The Bertz CT molecular complexity index is 597. The third-order valence-electron chi connectivity index (χ3n) is 3.77. The summed E-state index contributed by atoms with van der Waals surface area (Å²) in [5.74, 6) is 1.05. The van der Waals surface area contributed by atoms with Crippen LogP contribution in [0.25, 0.3) is 10.8 Å². The van der Waals surface area contributed by atoms with Gasteiger partial charge in [0.25, 0.3) is 0 Å². The molecule has 0 N–H and O–H groups in total. The lowest BCUT2D eigenvalue weighted by molar-refractivity contribution is 0.478. The number of hydrogen-bond acceptors (Lipinski definition) is 3. The van der Waals surface area contributed by atoms with Crippen molar-refractivity contribution in [1.29, 1.82) is 0 Å². The topological polar surface area (TPSA) is 29.0 Å². The third-order valence-corrected chi connectivity index (χ3v) is 3.98. The molecule has 0 aliphatic carbocycles. The predicted molar refractivity (Wildman–Crippen MR) is 75.4 cm³/mol. The number of fused-ring (bicyclic) bond motifs is 1. The van der Waals surface area contributed by atoms with Gasteiger partial charge in [-0.3, -0.25) is 0 Å². The van der Waals surface area contributed by atoms with Gasteiger partial charge in [-0.1, -0.05) is 18.5 Å². The van der Waals surface area contributed by atoms with Crippen LogP contribution in [0.3, 0.4) is 0 Å². The summed E-state index contributed by atoms with van der Waals surface area (Å²) in [5, 5.41) is 2.85. The summed E-state index contributed by atoms with van der Waals surface area (Å²) in [6, 6.07) is 2.52. The van der Waals surface area contributed by atoms with E-state index in [2.05, 4.69) is 28.7 Å². The molecule has 0 amide bonds. The molecule has 0 aromatic carbocycles. The van der Waals surface area contributed by atoms with Crippen molar-refractivity contribution in [2.45, 2.75) is 32.7 Å². The first-order valence-electron chi connectivity index (χ1n) is 6.40. The molecule has 0 bridgehead atoms. The van der Waals surface area contributed by atoms with Crippen LogP contribution in [-0.2, 0) is 6.42 Å². The van der Waals surface area contributed by atoms with Crippen LogP contribution in [0, 0.1) is 0 Å². The van der Waals surface area contributed by atoms with E-state index in [1.54, 1.807) is 0 Å². The number of aromatic nitrogens is 2. The van der Waals surface area contributed by atoms with Crippen LogP contribution in [0.5, 0.6) is 0 Å². The number of pyridine rings is 2. The first-order chi connectivity index (χ1) is 8.70. The highest BCUT2D eigenvalue weighted by molar-refractivity contribution is 6.30. The van der Waals surface area contributed by atoms with Gasteiger partial charge in [-0.05, 0) is 36.8 Å². The molecule has 0 spiro atoms. The molecule has 0 radical (unpaired) electrons. The van der Waals surface area contributed by atoms with Crippen molar-refractivity contribution in [2.75, 3.05) is 11.4 Å². The smallest absolute Gasteiger partial charge is 0.138 e. The zero-order valence-electron chi connectivity index (χ0n) is 10.7. The Morgan fingerprint density at radius 3 is 2.78 bits per heavy atom. The van der Waals surface area contributed by atoms with Crippen LogP contribution in [0.1, 0.15) is 25.8 Å². The largest absolute Gasteiger partial charge is 0.353 e. The highest BCUT2D eigenvalue weighted by Gasteiger charge is 2.26. The molecule has 1 atom stereocenters. The van der Waals surface area contributed by atoms with E-state index in [0.717, 1.165) is 24.2 Å². The van der Waals surface area contributed by atoms with Gasteiger partial charge in [0.05, 0.1) is 0 Å². The van der Waals surface area contributed by atoms with Crippen molar-refractivity contribution in [2.24, 2.45) is 0 Å². The fourth-order valence-electron chi connectivity index (χ4n) is 2.49. The lowest BCUT2D eigenvalue weighted by Crippen LogP contribution is -2.46. The molecule has 3 heterocycles. The molecule has 3 nitrogen and oxygen atoms in total. The Morgan fingerprint density at radius 2 is 2.17 bits per heavy atom. The quantitative estimate of drug-likeness (QED) is 0.776. The molecular weight excluding hydrogens is 246 g/mol. The molecule has 2 aromatic heterocycles. The van der Waals surface area contributed by atoms with Crippen molar-refractivity contribution >= 4 is 28.2 Å². The Hall–Kier alpha value is -1.35. The van der Waals surface area contributed by atoms with Crippen LogP contribution in [-0.4, -0.2) is 22.6 Å². The van der Waals surface area contributed by atoms with Crippen molar-refractivity contribution < 1.29 is 0 Å². The second kappa shape index (κ2) is 4.39. The normalized spacial score (nSPS) is 19.1. The van der Waals surface area contributed by atoms with Crippen LogP contribution in [0.4, 0.5) is 5.82 Å². The standard InChI is InChI=1S/C14H16ClN3/c1-3-10-7-17-14(18-5-4-9(18)2)12-8-16-13(15)6-11(10)12/h6-9H,3-5H2,1-2H3. The summed E-state index contributed by atoms with van der Waals surface area (Å²) in [7, 11) is 0. The van der Waals surface area contributed by atoms with Crippen molar-refractivity contribution in [3.63, 3.8) is 0 Å². The van der Waals surface area contributed by atoms with E-state index < -0.39 is 0 Å². The van der Waals surface area contributed by atoms with E-state index in [9.17, 15) is 0 Å². The highest BCUT2D eigenvalue weighted by atomic mass is 35.5. The van der Waals surface area contributed by atoms with E-state index in [0.29, 0.717) is 11.2 Å². The van der Waals surface area contributed by atoms with Gasteiger partial charge in [0.15, 0.2) is 0 Å². The minimum Gasteiger partial charge on any atom is -0.353 e. The van der Waals surface area contributed by atoms with Crippen LogP contribution >= 0.6 is 11.6 Å². The SMILES string of the molecule is CCc1cnc(N2CCC2C)c2cnc(Cl)cc12. The second-order valence-corrected chi connectivity index (χ2v) is 5.23. The molecule has 0 saturated carbocycles. The minimum atomic E-state index is 0.547. The van der Waals surface area contributed by atoms with Gasteiger partial charge < -0.3 is 4.90 Å². The Kier molecular flexibility index (Phi) is 2.86. The van der Waals surface area contributed by atoms with E-state index in [-0.39, 0.29) is 0 Å². The van der Waals surface area contributed by atoms with Gasteiger partial charge >= 0.3 is 0 Å². The summed E-state index contributed by atoms with van der Waals surface area (Å²) in [5.41, 5.74) is 1.23. The highest BCUT2D eigenvalue weighted by Crippen LogP contribution is 2.33. The lowest BCUT2D eigenvalue weighted by atomic mass is 10.0. The Morgan fingerprint density at radius 1 is 1.33 bits per heavy atom. The van der Waals surface area contributed by atoms with Gasteiger partial charge in [-0.15, -0.1) is 0 Å². The number of nitrogens with zero attached hydrogens (tertiary/aromatic N) is 3. The molecule has 3 rings (SSSR count). The lowest BCUT2D eigenvalue weighted by Gasteiger charge is -2.40. The van der Waals surface area contributed by atoms with Gasteiger partial charge in [-0.25, -0.2) is 9.97 Å². The summed E-state index contributed by atoms with van der Waals surface area (Å²) in [6.45, 7) is 5.45. The van der Waals surface area contributed by atoms with Crippen molar-refractivity contribution in [3.05, 3.63) is 29.2 Å². The van der Waals surface area contributed by atoms with Gasteiger partial charge in [0.1, 0.15) is 11.0 Å². The summed E-state index contributed by atoms with van der Waals surface area (Å²) in [6.07, 6.45) is 6.02. The van der Waals surface area contributed by atoms with Crippen LogP contribution in [0.15, 0.2) is 18.5 Å². The van der Waals surface area contributed by atoms with Crippen molar-refractivity contribution in [1.82, 2.24) is 9.97 Å². The molecule has 2 aromatic rings. The molecule has 94 valence electrons. The zero-order valence-corrected chi connectivity index (χ0v) is 11.4. The van der Waals surface area contributed by atoms with E-state index in [1.165, 1.54) is 17.4 Å². The first-order valence-corrected chi connectivity index (χ1v) is 6.78. The van der Waals surface area contributed by atoms with E-state index in [1.807, 2.05) is 18.5 Å². The molecule has 4 heteroatoms. The molecule has 18 heavy (non-hydrogen) atoms. The molecule has 1 aliphatic rings. The Balaban J connectivity index is 2.22. The molecule has 1 saturated heterocycles. The van der Waals surface area contributed by atoms with Crippen LogP contribution < -0.4 is 4.90 Å². The summed E-state index contributed by atoms with van der Waals surface area (Å²) in [4.78, 5) is 11.2. The van der Waals surface area contributed by atoms with Gasteiger partial charge in [0.2, 0.25) is 0 Å². The minimum absolute atomic E-state index is 0.547. The maximum absolute atomic E-state index is 6.01. The van der Waals surface area contributed by atoms with Crippen molar-refractivity contribution in [3.8, 4) is 0 Å². The number of hydrogen-bond donors (Lipinski definition) is 0. The summed E-state index contributed by atoms with van der Waals surface area (Å²) >= 11 is 6.01. The predicted octanol–water partition coefficient (Wildman–Crippen LogP) is 3.44.